The molecule has 128 valence electrons. The molecule has 0 bridgehead atoms. The highest BCUT2D eigenvalue weighted by atomic mass is 15.3. The predicted molar refractivity (Wildman–Crippen MR) is 97.5 cm³/mol. The Balaban J connectivity index is 1.79. The number of hydrazone groups is 1. The largest absolute Gasteiger partial charge is 0.277 e. The van der Waals surface area contributed by atoms with E-state index < -0.39 is 0 Å². The maximum Gasteiger partial charge on any atom is 0.237 e. The van der Waals surface area contributed by atoms with Crippen LogP contribution in [0.4, 0.5) is 5.69 Å². The van der Waals surface area contributed by atoms with Crippen LogP contribution in [0.1, 0.15) is 12.6 Å². The summed E-state index contributed by atoms with van der Waals surface area (Å²) in [6, 6.07) is 12.7. The Morgan fingerprint density at radius 3 is 2.50 bits per heavy atom. The summed E-state index contributed by atoms with van der Waals surface area (Å²) in [5, 5.41) is 30.1. The molecular formula is C18H16N8. The molecule has 0 radical (unpaired) electrons. The van der Waals surface area contributed by atoms with Crippen LogP contribution in [0.15, 0.2) is 47.8 Å². The van der Waals surface area contributed by atoms with Gasteiger partial charge in [-0.2, -0.15) is 25.8 Å². The molecular weight excluding hydrogens is 328 g/mol. The average molecular weight is 344 g/mol. The van der Waals surface area contributed by atoms with Gasteiger partial charge in [-0.25, -0.2) is 4.68 Å². The first-order chi connectivity index (χ1) is 12.6. The van der Waals surface area contributed by atoms with E-state index in [0.717, 1.165) is 29.2 Å². The molecule has 0 aliphatic carbocycles. The third-order valence-electron chi connectivity index (χ3n) is 3.78. The van der Waals surface area contributed by atoms with Gasteiger partial charge in [-0.05, 0) is 44.2 Å². The summed E-state index contributed by atoms with van der Waals surface area (Å²) in [5.41, 5.74) is 6.82. The number of nitrogens with one attached hydrogen (secondary N) is 1. The van der Waals surface area contributed by atoms with E-state index in [1.54, 1.807) is 29.0 Å². The molecule has 1 aromatic carbocycles. The summed E-state index contributed by atoms with van der Waals surface area (Å²) in [6.45, 7) is 4.83. The predicted octanol–water partition coefficient (Wildman–Crippen LogP) is 2.88. The third-order valence-corrected chi connectivity index (χ3v) is 3.78. The van der Waals surface area contributed by atoms with Crippen LogP contribution in [0.3, 0.4) is 0 Å². The van der Waals surface area contributed by atoms with Gasteiger partial charge in [-0.15, -0.1) is 0 Å². The minimum Gasteiger partial charge on any atom is -0.277 e. The highest BCUT2D eigenvalue weighted by molar-refractivity contribution is 6.10. The molecule has 26 heavy (non-hydrogen) atoms. The van der Waals surface area contributed by atoms with E-state index in [-0.39, 0.29) is 5.71 Å². The van der Waals surface area contributed by atoms with E-state index in [1.807, 2.05) is 49.1 Å². The Morgan fingerprint density at radius 1 is 1.15 bits per heavy atom. The first-order valence-electron chi connectivity index (χ1n) is 7.99. The molecule has 2 heterocycles. The zero-order valence-corrected chi connectivity index (χ0v) is 14.4. The maximum absolute atomic E-state index is 8.67. The summed E-state index contributed by atoms with van der Waals surface area (Å²) in [6.07, 6.45) is 3.89. The highest BCUT2D eigenvalue weighted by Gasteiger charge is 2.10. The summed E-state index contributed by atoms with van der Waals surface area (Å²) in [7, 11) is 0. The smallest absolute Gasteiger partial charge is 0.237 e. The van der Waals surface area contributed by atoms with Crippen molar-refractivity contribution in [3.8, 4) is 29.1 Å². The molecule has 0 saturated heterocycles. The van der Waals surface area contributed by atoms with Crippen molar-refractivity contribution in [2.24, 2.45) is 5.10 Å². The fourth-order valence-electron chi connectivity index (χ4n) is 2.43. The van der Waals surface area contributed by atoms with Gasteiger partial charge in [0.25, 0.3) is 0 Å². The number of hydrogen-bond donors (Lipinski definition) is 1. The fraction of sp³-hybridized carbons (Fsp3) is 0.167. The summed E-state index contributed by atoms with van der Waals surface area (Å²) in [5.74, 6) is 0. The van der Waals surface area contributed by atoms with Gasteiger partial charge in [0.2, 0.25) is 5.71 Å². The topological polar surface area (TPSA) is 108 Å². The molecule has 0 fully saturated rings. The summed E-state index contributed by atoms with van der Waals surface area (Å²) >= 11 is 0. The van der Waals surface area contributed by atoms with Gasteiger partial charge in [0.05, 0.1) is 22.8 Å². The molecule has 1 N–H and O–H groups in total. The Hall–Kier alpha value is -3.91. The summed E-state index contributed by atoms with van der Waals surface area (Å²) in [4.78, 5) is 0. The molecule has 0 aliphatic rings. The van der Waals surface area contributed by atoms with Gasteiger partial charge in [-0.3, -0.25) is 10.1 Å². The normalized spacial score (nSPS) is 10.0. The van der Waals surface area contributed by atoms with Crippen molar-refractivity contribution in [1.29, 1.82) is 10.5 Å². The molecule has 8 nitrogen and oxygen atoms in total. The Morgan fingerprint density at radius 2 is 1.88 bits per heavy atom. The second-order valence-corrected chi connectivity index (χ2v) is 5.47. The molecule has 0 saturated carbocycles. The van der Waals surface area contributed by atoms with Gasteiger partial charge in [-0.1, -0.05) is 0 Å². The lowest BCUT2D eigenvalue weighted by Crippen LogP contribution is -1.98. The molecule has 0 atom stereocenters. The van der Waals surface area contributed by atoms with Gasteiger partial charge in [0, 0.05) is 24.5 Å². The SMILES string of the molecule is CCn1cc(-c2ccn(-c3ccc(NN=C(C#N)C#N)cc3)n2)c(C)n1. The standard InChI is InChI=1S/C18H16N8/c1-3-25-12-17(13(2)23-25)18-8-9-26(24-18)16-6-4-14(5-7-16)21-22-15(10-19)11-20/h4-9,12,21H,3H2,1-2H3. The van der Waals surface area contributed by atoms with Crippen molar-refractivity contribution >= 4 is 11.4 Å². The van der Waals surface area contributed by atoms with Crippen molar-refractivity contribution < 1.29 is 0 Å². The number of nitriles is 2. The van der Waals surface area contributed by atoms with Crippen LogP contribution in [0.5, 0.6) is 0 Å². The number of hydrogen-bond acceptors (Lipinski definition) is 6. The third kappa shape index (κ3) is 3.45. The number of nitrogens with zero attached hydrogens (tertiary/aromatic N) is 7. The quantitative estimate of drug-likeness (QED) is 0.565. The zero-order valence-electron chi connectivity index (χ0n) is 14.4. The molecule has 0 unspecified atom stereocenters. The minimum atomic E-state index is -0.228. The monoisotopic (exact) mass is 344 g/mol. The lowest BCUT2D eigenvalue weighted by molar-refractivity contribution is 0.653. The molecule has 8 heteroatoms. The van der Waals surface area contributed by atoms with E-state index in [0.29, 0.717) is 5.69 Å². The molecule has 0 aliphatic heterocycles. The highest BCUT2D eigenvalue weighted by Crippen LogP contribution is 2.22. The van der Waals surface area contributed by atoms with Crippen molar-refractivity contribution in [3.63, 3.8) is 0 Å². The number of anilines is 1. The van der Waals surface area contributed by atoms with Crippen molar-refractivity contribution in [3.05, 3.63) is 48.4 Å². The Bertz CT molecular complexity index is 1010. The molecule has 2 aromatic heterocycles. The van der Waals surface area contributed by atoms with E-state index in [4.69, 9.17) is 10.5 Å². The van der Waals surface area contributed by atoms with Gasteiger partial charge >= 0.3 is 0 Å². The van der Waals surface area contributed by atoms with Crippen LogP contribution < -0.4 is 5.43 Å². The van der Waals surface area contributed by atoms with E-state index in [9.17, 15) is 0 Å². The molecule has 0 amide bonds. The Labute approximate surface area is 150 Å². The second kappa shape index (κ2) is 7.32. The molecule has 3 aromatic rings. The van der Waals surface area contributed by atoms with Crippen LogP contribution in [-0.4, -0.2) is 25.3 Å². The number of aryl methyl sites for hydroxylation is 2. The lowest BCUT2D eigenvalue weighted by atomic mass is 10.2. The first kappa shape index (κ1) is 16.9. The van der Waals surface area contributed by atoms with Gasteiger partial charge < -0.3 is 0 Å². The summed E-state index contributed by atoms with van der Waals surface area (Å²) < 4.78 is 3.67. The van der Waals surface area contributed by atoms with Crippen molar-refractivity contribution in [2.75, 3.05) is 5.43 Å². The maximum atomic E-state index is 8.67. The van der Waals surface area contributed by atoms with Crippen LogP contribution in [0.2, 0.25) is 0 Å². The molecule has 3 rings (SSSR count). The van der Waals surface area contributed by atoms with Crippen LogP contribution >= 0.6 is 0 Å². The lowest BCUT2D eigenvalue weighted by Gasteiger charge is -2.04. The second-order valence-electron chi connectivity index (χ2n) is 5.47. The molecule has 0 spiro atoms. The van der Waals surface area contributed by atoms with Crippen molar-refractivity contribution in [1.82, 2.24) is 19.6 Å². The number of benzene rings is 1. The van der Waals surface area contributed by atoms with E-state index in [1.165, 1.54) is 0 Å². The van der Waals surface area contributed by atoms with Gasteiger partial charge in [0.15, 0.2) is 0 Å². The van der Waals surface area contributed by atoms with E-state index in [2.05, 4.69) is 20.7 Å². The van der Waals surface area contributed by atoms with Gasteiger partial charge in [0.1, 0.15) is 12.1 Å². The van der Waals surface area contributed by atoms with Crippen molar-refractivity contribution in [2.45, 2.75) is 20.4 Å². The van der Waals surface area contributed by atoms with Crippen LogP contribution in [0, 0.1) is 29.6 Å². The fourth-order valence-corrected chi connectivity index (χ4v) is 2.43. The first-order valence-corrected chi connectivity index (χ1v) is 7.99. The minimum absolute atomic E-state index is 0.228. The van der Waals surface area contributed by atoms with E-state index >= 15 is 0 Å². The van der Waals surface area contributed by atoms with Crippen LogP contribution in [-0.2, 0) is 6.54 Å². The number of rotatable bonds is 5. The Kier molecular flexibility index (Phi) is 4.77. The average Bonchev–Trinajstić information content (AvgIpc) is 3.29. The number of aromatic nitrogens is 4. The van der Waals surface area contributed by atoms with Crippen LogP contribution in [0.25, 0.3) is 16.9 Å². The zero-order chi connectivity index (χ0) is 18.5.